The number of rotatable bonds is 4. The van der Waals surface area contributed by atoms with Gasteiger partial charge in [-0.15, -0.1) is 0 Å². The molecular weight excluding hydrogens is 399 g/mol. The van der Waals surface area contributed by atoms with E-state index in [9.17, 15) is 22.4 Å². The minimum absolute atomic E-state index is 0.120. The zero-order valence-corrected chi connectivity index (χ0v) is 15.5. The molecule has 10 heteroatoms. The van der Waals surface area contributed by atoms with Gasteiger partial charge in [-0.1, -0.05) is 18.5 Å². The summed E-state index contributed by atoms with van der Waals surface area (Å²) in [5.74, 6) is -1.76. The number of carbonyl (C=O) groups is 2. The maximum Gasteiger partial charge on any atom is 0.265 e. The number of benzene rings is 2. The monoisotopic (exact) mass is 412 g/mol. The number of nitrogens with one attached hydrogen (secondary N) is 2. The van der Waals surface area contributed by atoms with E-state index in [2.05, 4.69) is 5.32 Å². The predicted molar refractivity (Wildman–Crippen MR) is 95.8 cm³/mol. The molecule has 1 aliphatic rings. The van der Waals surface area contributed by atoms with Crippen LogP contribution in [-0.2, 0) is 14.8 Å². The molecule has 0 aromatic heterocycles. The fraction of sp³-hybridized carbons (Fsp3) is 0.176. The van der Waals surface area contributed by atoms with Gasteiger partial charge in [-0.3, -0.25) is 9.59 Å². The lowest BCUT2D eigenvalue weighted by Gasteiger charge is -2.25. The van der Waals surface area contributed by atoms with Crippen LogP contribution in [0.3, 0.4) is 0 Å². The Bertz CT molecular complexity index is 1040. The molecule has 2 N–H and O–H groups in total. The number of fused-ring (bicyclic) bond motifs is 1. The molecule has 142 valence electrons. The molecule has 3 rings (SSSR count). The van der Waals surface area contributed by atoms with Crippen molar-refractivity contribution >= 4 is 39.1 Å². The number of carbonyl (C=O) groups excluding carboxylic acids is 2. The van der Waals surface area contributed by atoms with Gasteiger partial charge in [-0.25, -0.2) is 17.5 Å². The van der Waals surface area contributed by atoms with Crippen LogP contribution in [0.4, 0.5) is 10.1 Å². The highest BCUT2D eigenvalue weighted by Crippen LogP contribution is 2.32. The molecule has 2 aromatic carbocycles. The molecule has 0 saturated carbocycles. The predicted octanol–water partition coefficient (Wildman–Crippen LogP) is 2.71. The van der Waals surface area contributed by atoms with E-state index >= 15 is 0 Å². The van der Waals surface area contributed by atoms with Gasteiger partial charge >= 0.3 is 0 Å². The lowest BCUT2D eigenvalue weighted by molar-refractivity contribution is -0.123. The van der Waals surface area contributed by atoms with Crippen molar-refractivity contribution < 1.29 is 27.1 Å². The van der Waals surface area contributed by atoms with Gasteiger partial charge in [-0.2, -0.15) is 0 Å². The average Bonchev–Trinajstić information content (AvgIpc) is 2.62. The summed E-state index contributed by atoms with van der Waals surface area (Å²) in [5.41, 5.74) is 0.0650. The Morgan fingerprint density at radius 2 is 2.04 bits per heavy atom. The van der Waals surface area contributed by atoms with E-state index in [0.717, 1.165) is 18.2 Å². The van der Waals surface area contributed by atoms with Gasteiger partial charge in [0.2, 0.25) is 0 Å². The molecular formula is C17H14ClFN2O5S. The second-order valence-electron chi connectivity index (χ2n) is 5.73. The third kappa shape index (κ3) is 3.88. The Labute approximate surface area is 159 Å². The standard InChI is InChI=1S/C17H14ClFN2O5S/c1-2-14-17(23)20-13-8-10(4-6-15(13)26-14)27(24,25)21-16(22)9-3-5-12(19)11(18)7-9/h3-8,14H,2H2,1H3,(H,20,23)(H,21,22)/t14-/m1/s1. The number of hydrogen-bond acceptors (Lipinski definition) is 5. The van der Waals surface area contributed by atoms with E-state index in [1.165, 1.54) is 18.2 Å². The molecule has 27 heavy (non-hydrogen) atoms. The fourth-order valence-electron chi connectivity index (χ4n) is 2.44. The van der Waals surface area contributed by atoms with Crippen molar-refractivity contribution in [2.24, 2.45) is 0 Å². The van der Waals surface area contributed by atoms with E-state index in [1.807, 2.05) is 4.72 Å². The fourth-order valence-corrected chi connectivity index (χ4v) is 3.62. The van der Waals surface area contributed by atoms with Crippen LogP contribution in [-0.4, -0.2) is 26.3 Å². The first-order valence-electron chi connectivity index (χ1n) is 7.85. The second-order valence-corrected chi connectivity index (χ2v) is 7.82. The Balaban J connectivity index is 1.85. The zero-order chi connectivity index (χ0) is 19.8. The van der Waals surface area contributed by atoms with Crippen LogP contribution in [0.1, 0.15) is 23.7 Å². The zero-order valence-electron chi connectivity index (χ0n) is 14.0. The summed E-state index contributed by atoms with van der Waals surface area (Å²) in [6, 6.07) is 6.92. The number of anilines is 1. The molecule has 7 nitrogen and oxygen atoms in total. The van der Waals surface area contributed by atoms with Crippen molar-refractivity contribution in [3.05, 3.63) is 52.8 Å². The number of halogens is 2. The van der Waals surface area contributed by atoms with Gasteiger partial charge in [0.15, 0.2) is 6.10 Å². The van der Waals surface area contributed by atoms with Gasteiger partial charge in [0, 0.05) is 5.56 Å². The van der Waals surface area contributed by atoms with E-state index in [4.69, 9.17) is 16.3 Å². The number of hydrogen-bond donors (Lipinski definition) is 2. The quantitative estimate of drug-likeness (QED) is 0.804. The number of ether oxygens (including phenoxy) is 1. The largest absolute Gasteiger partial charge is 0.478 e. The third-order valence-corrected chi connectivity index (χ3v) is 5.48. The molecule has 2 amide bonds. The Kier molecular flexibility index (Phi) is 5.07. The van der Waals surface area contributed by atoms with Crippen LogP contribution >= 0.6 is 11.6 Å². The highest BCUT2D eigenvalue weighted by Gasteiger charge is 2.28. The molecule has 0 spiro atoms. The van der Waals surface area contributed by atoms with Crippen LogP contribution in [0, 0.1) is 5.82 Å². The second kappa shape index (κ2) is 7.16. The molecule has 0 saturated heterocycles. The van der Waals surface area contributed by atoms with Crippen molar-refractivity contribution in [1.82, 2.24) is 4.72 Å². The molecule has 0 unspecified atom stereocenters. The van der Waals surface area contributed by atoms with Crippen molar-refractivity contribution in [2.45, 2.75) is 24.3 Å². The van der Waals surface area contributed by atoms with E-state index in [1.54, 1.807) is 6.92 Å². The third-order valence-electron chi connectivity index (χ3n) is 3.86. The Hall–Kier alpha value is -2.65. The number of sulfonamides is 1. The maximum absolute atomic E-state index is 13.2. The van der Waals surface area contributed by atoms with Crippen molar-refractivity contribution in [3.8, 4) is 5.75 Å². The van der Waals surface area contributed by atoms with Crippen LogP contribution in [0.5, 0.6) is 5.75 Å². The molecule has 2 aromatic rings. The van der Waals surface area contributed by atoms with Crippen molar-refractivity contribution in [2.75, 3.05) is 5.32 Å². The van der Waals surface area contributed by atoms with Gasteiger partial charge < -0.3 is 10.1 Å². The molecule has 0 radical (unpaired) electrons. The van der Waals surface area contributed by atoms with Crippen LogP contribution < -0.4 is 14.8 Å². The summed E-state index contributed by atoms with van der Waals surface area (Å²) in [6.45, 7) is 1.78. The summed E-state index contributed by atoms with van der Waals surface area (Å²) < 4.78 is 45.5. The van der Waals surface area contributed by atoms with Crippen LogP contribution in [0.15, 0.2) is 41.3 Å². The normalized spacial score (nSPS) is 16.1. The smallest absolute Gasteiger partial charge is 0.265 e. The van der Waals surface area contributed by atoms with E-state index in [0.29, 0.717) is 12.2 Å². The molecule has 1 heterocycles. The first-order chi connectivity index (χ1) is 12.7. The molecule has 0 fully saturated rings. The Morgan fingerprint density at radius 1 is 1.30 bits per heavy atom. The lowest BCUT2D eigenvalue weighted by Crippen LogP contribution is -2.36. The van der Waals surface area contributed by atoms with Crippen molar-refractivity contribution in [3.63, 3.8) is 0 Å². The summed E-state index contributed by atoms with van der Waals surface area (Å²) in [7, 11) is -4.24. The van der Waals surface area contributed by atoms with Gasteiger partial charge in [-0.05, 0) is 42.8 Å². The SMILES string of the molecule is CC[C@H]1Oc2ccc(S(=O)(=O)NC(=O)c3ccc(F)c(Cl)c3)cc2NC1=O. The highest BCUT2D eigenvalue weighted by molar-refractivity contribution is 7.90. The topological polar surface area (TPSA) is 102 Å². The lowest BCUT2D eigenvalue weighted by atomic mass is 10.2. The van der Waals surface area contributed by atoms with Gasteiger partial charge in [0.05, 0.1) is 15.6 Å². The van der Waals surface area contributed by atoms with E-state index in [-0.39, 0.29) is 27.1 Å². The van der Waals surface area contributed by atoms with Gasteiger partial charge in [0.25, 0.3) is 21.8 Å². The van der Waals surface area contributed by atoms with Crippen LogP contribution in [0.25, 0.3) is 0 Å². The molecule has 0 aliphatic carbocycles. The Morgan fingerprint density at radius 3 is 2.70 bits per heavy atom. The van der Waals surface area contributed by atoms with Gasteiger partial charge in [0.1, 0.15) is 11.6 Å². The summed E-state index contributed by atoms with van der Waals surface area (Å²) >= 11 is 5.60. The first-order valence-corrected chi connectivity index (χ1v) is 9.71. The van der Waals surface area contributed by atoms with Crippen LogP contribution in [0.2, 0.25) is 5.02 Å². The molecule has 1 aliphatic heterocycles. The summed E-state index contributed by atoms with van der Waals surface area (Å²) in [5, 5.41) is 2.27. The highest BCUT2D eigenvalue weighted by atomic mass is 35.5. The molecule has 0 bridgehead atoms. The van der Waals surface area contributed by atoms with Crippen molar-refractivity contribution in [1.29, 1.82) is 0 Å². The maximum atomic E-state index is 13.2. The van der Waals surface area contributed by atoms with E-state index < -0.39 is 27.9 Å². The minimum Gasteiger partial charge on any atom is -0.478 e. The average molecular weight is 413 g/mol. The minimum atomic E-state index is -4.24. The molecule has 1 atom stereocenters. The summed E-state index contributed by atoms with van der Waals surface area (Å²) in [6.07, 6.45) is -0.190. The number of amides is 2. The first kappa shape index (κ1) is 19.1. The summed E-state index contributed by atoms with van der Waals surface area (Å²) in [4.78, 5) is 23.8.